The summed E-state index contributed by atoms with van der Waals surface area (Å²) in [4.78, 5) is 35.6. The minimum Gasteiger partial charge on any atom is -0.396 e. The number of aryl methyl sites for hydroxylation is 1. The zero-order valence-electron chi connectivity index (χ0n) is 21.9. The molecule has 2 aromatic carbocycles. The van der Waals surface area contributed by atoms with Crippen molar-refractivity contribution in [2.24, 2.45) is 0 Å². The van der Waals surface area contributed by atoms with E-state index in [4.69, 9.17) is 14.7 Å². The molecule has 0 radical (unpaired) electrons. The maximum Gasteiger partial charge on any atom is 0.264 e. The zero-order chi connectivity index (χ0) is 28.2. The van der Waals surface area contributed by atoms with Gasteiger partial charge in [0.15, 0.2) is 20.9 Å². The van der Waals surface area contributed by atoms with Crippen molar-refractivity contribution in [3.05, 3.63) is 64.5 Å². The molecule has 1 aliphatic rings. The predicted molar refractivity (Wildman–Crippen MR) is 143 cm³/mol. The van der Waals surface area contributed by atoms with Gasteiger partial charge in [0.2, 0.25) is 0 Å². The number of carbonyl (C=O) groups excluding carboxylic acids is 1. The van der Waals surface area contributed by atoms with Gasteiger partial charge in [-0.05, 0) is 55.9 Å². The molecule has 0 spiro atoms. The second kappa shape index (κ2) is 11.9. The molecule has 1 unspecified atom stereocenters. The summed E-state index contributed by atoms with van der Waals surface area (Å²) in [6.45, 7) is 1.60. The summed E-state index contributed by atoms with van der Waals surface area (Å²) in [6.07, 6.45) is 4.10. The van der Waals surface area contributed by atoms with Crippen LogP contribution in [-0.2, 0) is 37.2 Å². The summed E-state index contributed by atoms with van der Waals surface area (Å²) in [5.41, 5.74) is 3.70. The van der Waals surface area contributed by atoms with E-state index >= 15 is 4.39 Å². The number of halogens is 1. The first-order chi connectivity index (χ1) is 18.5. The molecule has 2 heterocycles. The Hall–Kier alpha value is -3.19. The smallest absolute Gasteiger partial charge is 0.264 e. The van der Waals surface area contributed by atoms with E-state index in [0.717, 1.165) is 35.3 Å². The first-order valence-electron chi connectivity index (χ1n) is 12.7. The Morgan fingerprint density at radius 2 is 2.03 bits per heavy atom. The highest BCUT2D eigenvalue weighted by atomic mass is 32.2. The molecule has 10 nitrogen and oxygen atoms in total. The van der Waals surface area contributed by atoms with Crippen LogP contribution >= 0.6 is 0 Å². The summed E-state index contributed by atoms with van der Waals surface area (Å²) in [5.74, 6) is -1.49. The normalized spacial score (nSPS) is 17.6. The second-order valence-electron chi connectivity index (χ2n) is 9.86. The highest BCUT2D eigenvalue weighted by Gasteiger charge is 2.44. The Labute approximate surface area is 225 Å². The first kappa shape index (κ1) is 28.8. The van der Waals surface area contributed by atoms with Gasteiger partial charge in [0.25, 0.3) is 11.5 Å². The van der Waals surface area contributed by atoms with Gasteiger partial charge in [0, 0.05) is 38.0 Å². The van der Waals surface area contributed by atoms with Gasteiger partial charge >= 0.3 is 0 Å². The van der Waals surface area contributed by atoms with E-state index < -0.39 is 38.2 Å². The van der Waals surface area contributed by atoms with Crippen LogP contribution in [0.2, 0.25) is 0 Å². The summed E-state index contributed by atoms with van der Waals surface area (Å²) in [7, 11) is -3.93. The molecule has 210 valence electrons. The van der Waals surface area contributed by atoms with Crippen molar-refractivity contribution in [3.63, 3.8) is 0 Å². The molecule has 2 atom stereocenters. The number of nitrogens with one attached hydrogen (secondary N) is 1. The standard InChI is InChI=1S/C27H32FN3O7S/c1-27(39(2,35)36,26(34)30-38-24-5-3-4-14-37-24)11-12-31-17-29-23-16-20(22(28)15-21(23)25(31)33)19-8-6-18(7-9-19)10-13-32/h6-9,15-17,24,32H,3-5,10-14H2,1-2H3,(H,30,34)/t24?,27-/m1/s1. The molecule has 1 fully saturated rings. The lowest BCUT2D eigenvalue weighted by atomic mass is 10.0. The number of carbonyl (C=O) groups is 1. The van der Waals surface area contributed by atoms with Crippen LogP contribution in [0.5, 0.6) is 0 Å². The van der Waals surface area contributed by atoms with E-state index in [1.165, 1.54) is 19.3 Å². The van der Waals surface area contributed by atoms with Gasteiger partial charge in [-0.15, -0.1) is 0 Å². The fourth-order valence-corrected chi connectivity index (χ4v) is 5.21. The number of ether oxygens (including phenoxy) is 1. The SMILES string of the molecule is C[C@@](CCn1cnc2cc(-c3ccc(CCO)cc3)c(F)cc2c1=O)(C(=O)NOC1CCCCO1)S(C)(=O)=O. The predicted octanol–water partition coefficient (Wildman–Crippen LogP) is 2.51. The number of sulfone groups is 1. The number of hydrogen-bond donors (Lipinski definition) is 2. The van der Waals surface area contributed by atoms with Crippen LogP contribution < -0.4 is 11.0 Å². The van der Waals surface area contributed by atoms with Gasteiger partial charge in [-0.25, -0.2) is 28.1 Å². The van der Waals surface area contributed by atoms with Crippen LogP contribution in [0, 0.1) is 5.82 Å². The Kier molecular flexibility index (Phi) is 8.80. The number of aliphatic hydroxyl groups is 1. The molecule has 1 aromatic heterocycles. The Morgan fingerprint density at radius 1 is 1.28 bits per heavy atom. The lowest BCUT2D eigenvalue weighted by Crippen LogP contribution is -2.51. The van der Waals surface area contributed by atoms with E-state index in [0.29, 0.717) is 25.0 Å². The fraction of sp³-hybridized carbons (Fsp3) is 0.444. The van der Waals surface area contributed by atoms with Crippen molar-refractivity contribution in [2.75, 3.05) is 19.5 Å². The number of benzene rings is 2. The van der Waals surface area contributed by atoms with Gasteiger partial charge in [0.1, 0.15) is 5.82 Å². The molecule has 1 amide bonds. The van der Waals surface area contributed by atoms with Crippen LogP contribution in [0.3, 0.4) is 0 Å². The third kappa shape index (κ3) is 6.35. The molecule has 0 aliphatic carbocycles. The van der Waals surface area contributed by atoms with Crippen LogP contribution in [0.15, 0.2) is 47.5 Å². The topological polar surface area (TPSA) is 137 Å². The summed E-state index contributed by atoms with van der Waals surface area (Å²) < 4.78 is 45.0. The van der Waals surface area contributed by atoms with Crippen molar-refractivity contribution in [2.45, 2.75) is 56.6 Å². The van der Waals surface area contributed by atoms with Gasteiger partial charge < -0.3 is 9.84 Å². The molecule has 0 bridgehead atoms. The lowest BCUT2D eigenvalue weighted by Gasteiger charge is -2.28. The summed E-state index contributed by atoms with van der Waals surface area (Å²) >= 11 is 0. The van der Waals surface area contributed by atoms with Crippen molar-refractivity contribution in [1.82, 2.24) is 15.0 Å². The van der Waals surface area contributed by atoms with E-state index in [1.54, 1.807) is 24.3 Å². The lowest BCUT2D eigenvalue weighted by molar-refractivity contribution is -0.201. The second-order valence-corrected chi connectivity index (χ2v) is 12.3. The van der Waals surface area contributed by atoms with Crippen molar-refractivity contribution in [3.8, 4) is 11.1 Å². The minimum absolute atomic E-state index is 0.0110. The van der Waals surface area contributed by atoms with Gasteiger partial charge in [-0.1, -0.05) is 24.3 Å². The maximum absolute atomic E-state index is 15.1. The van der Waals surface area contributed by atoms with Crippen LogP contribution in [0.1, 0.15) is 38.2 Å². The Morgan fingerprint density at radius 3 is 2.67 bits per heavy atom. The molecule has 39 heavy (non-hydrogen) atoms. The van der Waals surface area contributed by atoms with E-state index in [2.05, 4.69) is 10.5 Å². The van der Waals surface area contributed by atoms with Crippen LogP contribution in [0.4, 0.5) is 4.39 Å². The third-order valence-corrected chi connectivity index (χ3v) is 9.15. The molecule has 0 saturated carbocycles. The summed E-state index contributed by atoms with van der Waals surface area (Å²) in [5, 5.41) is 9.11. The molecule has 1 saturated heterocycles. The number of rotatable bonds is 10. The molecule has 2 N–H and O–H groups in total. The molecule has 12 heteroatoms. The van der Waals surface area contributed by atoms with E-state index in [-0.39, 0.29) is 36.0 Å². The third-order valence-electron chi connectivity index (χ3n) is 7.13. The number of aromatic nitrogens is 2. The molecular weight excluding hydrogens is 529 g/mol. The molecular formula is C27H32FN3O7S. The highest BCUT2D eigenvalue weighted by Crippen LogP contribution is 2.27. The Bertz CT molecular complexity index is 1500. The number of nitrogens with zero attached hydrogens (tertiary/aromatic N) is 2. The van der Waals surface area contributed by atoms with E-state index in [9.17, 15) is 18.0 Å². The zero-order valence-corrected chi connectivity index (χ0v) is 22.7. The minimum atomic E-state index is -3.93. The monoisotopic (exact) mass is 561 g/mol. The first-order valence-corrected chi connectivity index (χ1v) is 14.6. The highest BCUT2D eigenvalue weighted by molar-refractivity contribution is 7.92. The largest absolute Gasteiger partial charge is 0.396 e. The molecule has 3 aromatic rings. The van der Waals surface area contributed by atoms with Crippen molar-refractivity contribution >= 4 is 26.6 Å². The average Bonchev–Trinajstić information content (AvgIpc) is 2.92. The number of hydrogen-bond acceptors (Lipinski definition) is 8. The fourth-order valence-electron chi connectivity index (χ4n) is 4.37. The van der Waals surface area contributed by atoms with Gasteiger partial charge in [0.05, 0.1) is 17.2 Å². The Balaban J connectivity index is 1.55. The van der Waals surface area contributed by atoms with Crippen LogP contribution in [0.25, 0.3) is 22.0 Å². The van der Waals surface area contributed by atoms with E-state index in [1.807, 2.05) is 0 Å². The molecule has 1 aliphatic heterocycles. The molecule has 4 rings (SSSR count). The number of fused-ring (bicyclic) bond motifs is 1. The number of hydroxylamine groups is 1. The number of amides is 1. The maximum atomic E-state index is 15.1. The quantitative estimate of drug-likeness (QED) is 0.361. The number of aliphatic hydroxyl groups excluding tert-OH is 1. The van der Waals surface area contributed by atoms with Crippen LogP contribution in [-0.4, -0.2) is 59.5 Å². The van der Waals surface area contributed by atoms with Gasteiger partial charge in [-0.2, -0.15) is 0 Å². The van der Waals surface area contributed by atoms with Crippen molar-refractivity contribution in [1.29, 1.82) is 0 Å². The van der Waals surface area contributed by atoms with Crippen molar-refractivity contribution < 1.29 is 32.3 Å². The summed E-state index contributed by atoms with van der Waals surface area (Å²) in [6, 6.07) is 9.65. The average molecular weight is 562 g/mol. The van der Waals surface area contributed by atoms with Gasteiger partial charge in [-0.3, -0.25) is 14.2 Å².